The van der Waals surface area contributed by atoms with Gasteiger partial charge >= 0.3 is 5.97 Å². The van der Waals surface area contributed by atoms with Gasteiger partial charge in [-0.1, -0.05) is 50.5 Å². The summed E-state index contributed by atoms with van der Waals surface area (Å²) >= 11 is 0. The van der Waals surface area contributed by atoms with Crippen LogP contribution in [-0.2, 0) is 0 Å². The number of ether oxygens (including phenoxy) is 2. The first kappa shape index (κ1) is 24.0. The summed E-state index contributed by atoms with van der Waals surface area (Å²) in [6.45, 7) is 2.92. The largest absolute Gasteiger partial charge is 0.494 e. The van der Waals surface area contributed by atoms with Crippen LogP contribution in [0.4, 0.5) is 8.78 Å². The predicted octanol–water partition coefficient (Wildman–Crippen LogP) is 6.93. The summed E-state index contributed by atoms with van der Waals surface area (Å²) in [6.07, 6.45) is 6.00. The lowest BCUT2D eigenvalue weighted by atomic mass is 10.1. The van der Waals surface area contributed by atoms with Crippen molar-refractivity contribution in [1.82, 2.24) is 0 Å². The molecule has 0 bridgehead atoms. The van der Waals surface area contributed by atoms with Crippen LogP contribution in [0.25, 0.3) is 0 Å². The van der Waals surface area contributed by atoms with Crippen LogP contribution >= 0.6 is 0 Å². The van der Waals surface area contributed by atoms with Crippen molar-refractivity contribution in [3.63, 3.8) is 0 Å². The molecule has 0 aromatic heterocycles. The number of esters is 1. The smallest absolute Gasteiger partial charge is 0.343 e. The zero-order valence-electron chi connectivity index (χ0n) is 18.6. The monoisotopic (exact) mass is 448 g/mol. The Labute approximate surface area is 193 Å². The summed E-state index contributed by atoms with van der Waals surface area (Å²) in [5.74, 6) is 3.48. The normalized spacial score (nSPS) is 10.3. The fourth-order valence-electron chi connectivity index (χ4n) is 3.10. The van der Waals surface area contributed by atoms with Crippen molar-refractivity contribution >= 4 is 5.97 Å². The standard InChI is InChI=1S/C28H26F2O3/c1-2-3-4-5-6-20-32-24-18-14-22(15-19-24)11-10-21-12-16-23(17-13-21)28(31)33-27-25(29)8-7-9-26(27)30/h7-9,12-19H,2-6,20H2,1H3. The van der Waals surface area contributed by atoms with Gasteiger partial charge in [-0.3, -0.25) is 0 Å². The van der Waals surface area contributed by atoms with Crippen LogP contribution < -0.4 is 9.47 Å². The third kappa shape index (κ3) is 7.47. The minimum Gasteiger partial charge on any atom is -0.494 e. The second kappa shape index (κ2) is 12.4. The van der Waals surface area contributed by atoms with Gasteiger partial charge in [0.05, 0.1) is 12.2 Å². The van der Waals surface area contributed by atoms with E-state index in [1.807, 2.05) is 24.3 Å². The number of carbonyl (C=O) groups is 1. The van der Waals surface area contributed by atoms with E-state index in [-0.39, 0.29) is 5.56 Å². The lowest BCUT2D eigenvalue weighted by Crippen LogP contribution is -2.10. The molecule has 3 aromatic carbocycles. The number of hydrogen-bond acceptors (Lipinski definition) is 3. The van der Waals surface area contributed by atoms with Crippen LogP contribution in [0, 0.1) is 23.5 Å². The second-order valence-corrected chi connectivity index (χ2v) is 7.55. The fourth-order valence-corrected chi connectivity index (χ4v) is 3.10. The van der Waals surface area contributed by atoms with E-state index in [0.29, 0.717) is 12.2 Å². The van der Waals surface area contributed by atoms with Crippen molar-refractivity contribution in [1.29, 1.82) is 0 Å². The molecular weight excluding hydrogens is 422 g/mol. The first-order chi connectivity index (χ1) is 16.1. The van der Waals surface area contributed by atoms with E-state index in [9.17, 15) is 13.6 Å². The fraction of sp³-hybridized carbons (Fsp3) is 0.250. The van der Waals surface area contributed by atoms with Gasteiger partial charge in [0.15, 0.2) is 11.6 Å². The van der Waals surface area contributed by atoms with E-state index in [0.717, 1.165) is 29.9 Å². The number of rotatable bonds is 9. The lowest BCUT2D eigenvalue weighted by Gasteiger charge is -2.06. The first-order valence-corrected chi connectivity index (χ1v) is 11.1. The second-order valence-electron chi connectivity index (χ2n) is 7.55. The summed E-state index contributed by atoms with van der Waals surface area (Å²) in [7, 11) is 0. The molecule has 3 rings (SSSR count). The van der Waals surface area contributed by atoms with Gasteiger partial charge in [-0.15, -0.1) is 0 Å². The van der Waals surface area contributed by atoms with Crippen LogP contribution in [0.3, 0.4) is 0 Å². The maximum Gasteiger partial charge on any atom is 0.343 e. The number of hydrogen-bond donors (Lipinski definition) is 0. The third-order valence-corrected chi connectivity index (χ3v) is 4.96. The van der Waals surface area contributed by atoms with E-state index in [1.54, 1.807) is 12.1 Å². The average Bonchev–Trinajstić information content (AvgIpc) is 2.83. The Hall–Kier alpha value is -3.65. The molecule has 0 N–H and O–H groups in total. The number of unbranched alkanes of at least 4 members (excludes halogenated alkanes) is 4. The molecule has 0 saturated heterocycles. The summed E-state index contributed by atoms with van der Waals surface area (Å²) in [4.78, 5) is 12.2. The van der Waals surface area contributed by atoms with Gasteiger partial charge in [0.25, 0.3) is 0 Å². The molecule has 5 heteroatoms. The third-order valence-electron chi connectivity index (χ3n) is 4.96. The lowest BCUT2D eigenvalue weighted by molar-refractivity contribution is 0.0720. The molecular formula is C28H26F2O3. The number of benzene rings is 3. The molecule has 0 radical (unpaired) electrons. The number of halogens is 2. The van der Waals surface area contributed by atoms with E-state index in [2.05, 4.69) is 18.8 Å². The van der Waals surface area contributed by atoms with Crippen LogP contribution in [0.5, 0.6) is 11.5 Å². The SMILES string of the molecule is CCCCCCCOc1ccc(C#Cc2ccc(C(=O)Oc3c(F)cccc3F)cc2)cc1. The summed E-state index contributed by atoms with van der Waals surface area (Å²) in [5.41, 5.74) is 1.69. The summed E-state index contributed by atoms with van der Waals surface area (Å²) in [5, 5.41) is 0. The van der Waals surface area contributed by atoms with Gasteiger partial charge in [-0.05, 0) is 67.1 Å². The zero-order chi connectivity index (χ0) is 23.5. The van der Waals surface area contributed by atoms with Gasteiger partial charge in [0, 0.05) is 11.1 Å². The highest BCUT2D eigenvalue weighted by Gasteiger charge is 2.15. The van der Waals surface area contributed by atoms with Crippen LogP contribution in [-0.4, -0.2) is 12.6 Å². The highest BCUT2D eigenvalue weighted by atomic mass is 19.1. The molecule has 0 aliphatic carbocycles. The Kier molecular flexibility index (Phi) is 9.02. The van der Waals surface area contributed by atoms with E-state index in [1.165, 1.54) is 43.9 Å². The molecule has 33 heavy (non-hydrogen) atoms. The van der Waals surface area contributed by atoms with Crippen LogP contribution in [0.2, 0.25) is 0 Å². The Morgan fingerprint density at radius 3 is 1.97 bits per heavy atom. The van der Waals surface area contributed by atoms with Gasteiger partial charge < -0.3 is 9.47 Å². The molecule has 0 spiro atoms. The van der Waals surface area contributed by atoms with E-state index >= 15 is 0 Å². The summed E-state index contributed by atoms with van der Waals surface area (Å²) < 4.78 is 37.9. The van der Waals surface area contributed by atoms with Gasteiger partial charge in [0.2, 0.25) is 5.75 Å². The molecule has 0 aliphatic heterocycles. The van der Waals surface area contributed by atoms with Crippen molar-refractivity contribution in [3.8, 4) is 23.3 Å². The first-order valence-electron chi connectivity index (χ1n) is 11.1. The molecule has 0 saturated carbocycles. The topological polar surface area (TPSA) is 35.5 Å². The number of para-hydroxylation sites is 1. The van der Waals surface area contributed by atoms with Gasteiger partial charge in [-0.25, -0.2) is 13.6 Å². The van der Waals surface area contributed by atoms with Gasteiger partial charge in [-0.2, -0.15) is 0 Å². The highest BCUT2D eigenvalue weighted by Crippen LogP contribution is 2.22. The maximum absolute atomic E-state index is 13.7. The molecule has 0 atom stereocenters. The molecule has 170 valence electrons. The highest BCUT2D eigenvalue weighted by molar-refractivity contribution is 5.91. The Bertz CT molecular complexity index is 1090. The Morgan fingerprint density at radius 2 is 1.36 bits per heavy atom. The maximum atomic E-state index is 13.7. The van der Waals surface area contributed by atoms with Crippen molar-refractivity contribution in [3.05, 3.63) is 95.1 Å². The summed E-state index contributed by atoms with van der Waals surface area (Å²) in [6, 6.07) is 17.1. The zero-order valence-corrected chi connectivity index (χ0v) is 18.6. The van der Waals surface area contributed by atoms with Crippen LogP contribution in [0.1, 0.15) is 60.5 Å². The van der Waals surface area contributed by atoms with Crippen molar-refractivity contribution in [2.24, 2.45) is 0 Å². The Morgan fingerprint density at radius 1 is 0.788 bits per heavy atom. The molecule has 3 aromatic rings. The molecule has 0 aliphatic rings. The van der Waals surface area contributed by atoms with E-state index < -0.39 is 23.4 Å². The van der Waals surface area contributed by atoms with Crippen molar-refractivity contribution in [2.45, 2.75) is 39.0 Å². The minimum absolute atomic E-state index is 0.166. The van der Waals surface area contributed by atoms with Crippen LogP contribution in [0.15, 0.2) is 66.7 Å². The van der Waals surface area contributed by atoms with Crippen molar-refractivity contribution in [2.75, 3.05) is 6.61 Å². The quantitative estimate of drug-likeness (QED) is 0.154. The average molecular weight is 449 g/mol. The molecule has 3 nitrogen and oxygen atoms in total. The van der Waals surface area contributed by atoms with E-state index in [4.69, 9.17) is 9.47 Å². The Balaban J connectivity index is 1.53. The molecule has 0 heterocycles. The molecule has 0 unspecified atom stereocenters. The minimum atomic E-state index is -0.936. The van der Waals surface area contributed by atoms with Crippen molar-refractivity contribution < 1.29 is 23.0 Å². The van der Waals surface area contributed by atoms with Gasteiger partial charge in [0.1, 0.15) is 5.75 Å². The predicted molar refractivity (Wildman–Crippen MR) is 124 cm³/mol. The number of carbonyl (C=O) groups excluding carboxylic acids is 1. The molecule has 0 fully saturated rings. The molecule has 0 amide bonds.